The maximum absolute atomic E-state index is 4.64. The van der Waals surface area contributed by atoms with E-state index in [0.717, 1.165) is 30.7 Å². The number of aliphatic imine (C=N–C) groups is 1. The van der Waals surface area contributed by atoms with Crippen LogP contribution in [0, 0.1) is 5.92 Å². The van der Waals surface area contributed by atoms with Crippen LogP contribution in [0.25, 0.3) is 0 Å². The Labute approximate surface area is 150 Å². The lowest BCUT2D eigenvalue weighted by atomic mass is 9.97. The Kier molecular flexibility index (Phi) is 8.77. The standard InChI is InChI=1S/C15H28N6.HI/c1-4-16-15(18-12-14-5-8-19-21(14)3)17-11-13-6-9-20(2)10-7-13;/h5,8,13H,4,6-7,9-12H2,1-3H3,(H2,16,17,18);1H. The summed E-state index contributed by atoms with van der Waals surface area (Å²) >= 11 is 0. The largest absolute Gasteiger partial charge is 0.357 e. The van der Waals surface area contributed by atoms with Crippen molar-refractivity contribution in [2.75, 3.05) is 33.2 Å². The average Bonchev–Trinajstić information content (AvgIpc) is 2.89. The Morgan fingerprint density at radius 2 is 2.05 bits per heavy atom. The molecule has 22 heavy (non-hydrogen) atoms. The van der Waals surface area contributed by atoms with Gasteiger partial charge in [-0.25, -0.2) is 4.99 Å². The number of hydrogen-bond donors (Lipinski definition) is 2. The maximum atomic E-state index is 4.64. The molecule has 0 bridgehead atoms. The molecule has 1 aromatic heterocycles. The van der Waals surface area contributed by atoms with Crippen LogP contribution in [0.1, 0.15) is 25.5 Å². The van der Waals surface area contributed by atoms with E-state index in [2.05, 4.69) is 39.6 Å². The molecule has 0 unspecified atom stereocenters. The molecule has 0 atom stereocenters. The monoisotopic (exact) mass is 420 g/mol. The van der Waals surface area contributed by atoms with Gasteiger partial charge in [-0.2, -0.15) is 5.10 Å². The molecule has 2 rings (SSSR count). The van der Waals surface area contributed by atoms with Gasteiger partial charge in [-0.3, -0.25) is 4.68 Å². The lowest BCUT2D eigenvalue weighted by Crippen LogP contribution is -2.42. The molecular formula is C15H29IN6. The second kappa shape index (κ2) is 10.0. The summed E-state index contributed by atoms with van der Waals surface area (Å²) in [6, 6.07) is 2.00. The zero-order valence-corrected chi connectivity index (χ0v) is 16.2. The van der Waals surface area contributed by atoms with Gasteiger partial charge in [-0.15, -0.1) is 24.0 Å². The molecule has 0 saturated carbocycles. The fourth-order valence-corrected chi connectivity index (χ4v) is 2.57. The number of guanidine groups is 1. The van der Waals surface area contributed by atoms with Gasteiger partial charge in [0.1, 0.15) is 0 Å². The summed E-state index contributed by atoms with van der Waals surface area (Å²) in [7, 11) is 4.15. The molecule has 1 aliphatic rings. The molecule has 1 saturated heterocycles. The van der Waals surface area contributed by atoms with Crippen LogP contribution in [-0.4, -0.2) is 53.9 Å². The molecule has 1 aliphatic heterocycles. The fourth-order valence-electron chi connectivity index (χ4n) is 2.57. The molecule has 2 N–H and O–H groups in total. The number of piperidine rings is 1. The molecule has 0 radical (unpaired) electrons. The van der Waals surface area contributed by atoms with Crippen LogP contribution < -0.4 is 10.6 Å². The van der Waals surface area contributed by atoms with Gasteiger partial charge in [-0.1, -0.05) is 0 Å². The van der Waals surface area contributed by atoms with Crippen LogP contribution in [0.3, 0.4) is 0 Å². The quantitative estimate of drug-likeness (QED) is 0.430. The summed E-state index contributed by atoms with van der Waals surface area (Å²) in [5, 5.41) is 11.0. The molecule has 0 spiro atoms. The Balaban J connectivity index is 0.00000242. The lowest BCUT2D eigenvalue weighted by molar-refractivity contribution is 0.220. The lowest BCUT2D eigenvalue weighted by Gasteiger charge is -2.29. The first-order valence-corrected chi connectivity index (χ1v) is 7.86. The Bertz CT molecular complexity index is 451. The van der Waals surface area contributed by atoms with E-state index < -0.39 is 0 Å². The van der Waals surface area contributed by atoms with E-state index in [4.69, 9.17) is 0 Å². The molecule has 7 heteroatoms. The molecule has 2 heterocycles. The Morgan fingerprint density at radius 1 is 1.32 bits per heavy atom. The van der Waals surface area contributed by atoms with Crippen LogP contribution >= 0.6 is 24.0 Å². The predicted molar refractivity (Wildman–Crippen MR) is 102 cm³/mol. The van der Waals surface area contributed by atoms with Crippen LogP contribution in [-0.2, 0) is 13.6 Å². The van der Waals surface area contributed by atoms with Gasteiger partial charge in [0.25, 0.3) is 0 Å². The van der Waals surface area contributed by atoms with Crippen molar-refractivity contribution >= 4 is 29.9 Å². The topological polar surface area (TPSA) is 57.5 Å². The van der Waals surface area contributed by atoms with Gasteiger partial charge >= 0.3 is 0 Å². The number of rotatable bonds is 5. The molecule has 0 aromatic carbocycles. The number of aryl methyl sites for hydroxylation is 1. The number of aromatic nitrogens is 2. The first-order valence-electron chi connectivity index (χ1n) is 7.86. The van der Waals surface area contributed by atoms with Gasteiger partial charge in [0, 0.05) is 26.3 Å². The number of nitrogens with zero attached hydrogens (tertiary/aromatic N) is 4. The maximum Gasteiger partial charge on any atom is 0.191 e. The van der Waals surface area contributed by atoms with E-state index in [9.17, 15) is 0 Å². The van der Waals surface area contributed by atoms with Crippen molar-refractivity contribution in [3.05, 3.63) is 18.0 Å². The van der Waals surface area contributed by atoms with E-state index >= 15 is 0 Å². The van der Waals surface area contributed by atoms with Crippen molar-refractivity contribution in [1.29, 1.82) is 0 Å². The second-order valence-electron chi connectivity index (χ2n) is 5.77. The first-order chi connectivity index (χ1) is 10.2. The van der Waals surface area contributed by atoms with E-state index in [-0.39, 0.29) is 24.0 Å². The van der Waals surface area contributed by atoms with Gasteiger partial charge < -0.3 is 15.5 Å². The Hall–Kier alpha value is -0.830. The van der Waals surface area contributed by atoms with E-state index in [0.29, 0.717) is 6.54 Å². The van der Waals surface area contributed by atoms with Crippen molar-refractivity contribution in [3.63, 3.8) is 0 Å². The van der Waals surface area contributed by atoms with Gasteiger partial charge in [0.2, 0.25) is 0 Å². The third kappa shape index (κ3) is 6.12. The molecule has 0 aliphatic carbocycles. The number of likely N-dealkylation sites (tertiary alicyclic amines) is 1. The summed E-state index contributed by atoms with van der Waals surface area (Å²) < 4.78 is 1.87. The molecule has 1 aromatic rings. The third-order valence-electron chi connectivity index (χ3n) is 4.06. The normalized spacial score (nSPS) is 17.1. The van der Waals surface area contributed by atoms with Crippen molar-refractivity contribution in [2.45, 2.75) is 26.3 Å². The molecule has 0 amide bonds. The van der Waals surface area contributed by atoms with Crippen LogP contribution in [0.2, 0.25) is 0 Å². The summed E-state index contributed by atoms with van der Waals surface area (Å²) in [5.41, 5.74) is 1.12. The first kappa shape index (κ1) is 19.2. The van der Waals surface area contributed by atoms with Crippen LogP contribution in [0.5, 0.6) is 0 Å². The van der Waals surface area contributed by atoms with Crippen LogP contribution in [0.4, 0.5) is 0 Å². The van der Waals surface area contributed by atoms with E-state index in [1.807, 2.05) is 24.0 Å². The highest BCUT2D eigenvalue weighted by Gasteiger charge is 2.16. The summed E-state index contributed by atoms with van der Waals surface area (Å²) in [6.07, 6.45) is 4.35. The summed E-state index contributed by atoms with van der Waals surface area (Å²) in [5.74, 6) is 1.65. The van der Waals surface area contributed by atoms with E-state index in [1.54, 1.807) is 0 Å². The van der Waals surface area contributed by atoms with Gasteiger partial charge in [0.15, 0.2) is 5.96 Å². The highest BCUT2D eigenvalue weighted by molar-refractivity contribution is 14.0. The highest BCUT2D eigenvalue weighted by atomic mass is 127. The molecule has 1 fully saturated rings. The minimum Gasteiger partial charge on any atom is -0.357 e. The molecule has 6 nitrogen and oxygen atoms in total. The van der Waals surface area contributed by atoms with Crippen molar-refractivity contribution in [2.24, 2.45) is 18.0 Å². The minimum atomic E-state index is 0. The van der Waals surface area contributed by atoms with Gasteiger partial charge in [0.05, 0.1) is 12.2 Å². The highest BCUT2D eigenvalue weighted by Crippen LogP contribution is 2.14. The minimum absolute atomic E-state index is 0. The summed E-state index contributed by atoms with van der Waals surface area (Å²) in [6.45, 7) is 7.04. The molecular weight excluding hydrogens is 391 g/mol. The zero-order valence-electron chi connectivity index (χ0n) is 13.9. The van der Waals surface area contributed by atoms with Crippen LogP contribution in [0.15, 0.2) is 17.3 Å². The van der Waals surface area contributed by atoms with Crippen molar-refractivity contribution in [3.8, 4) is 0 Å². The number of halogens is 1. The Morgan fingerprint density at radius 3 is 2.64 bits per heavy atom. The number of nitrogens with one attached hydrogen (secondary N) is 2. The number of hydrogen-bond acceptors (Lipinski definition) is 3. The average molecular weight is 420 g/mol. The molecule has 126 valence electrons. The van der Waals surface area contributed by atoms with Crippen molar-refractivity contribution < 1.29 is 0 Å². The van der Waals surface area contributed by atoms with Gasteiger partial charge in [-0.05, 0) is 51.9 Å². The predicted octanol–water partition coefficient (Wildman–Crippen LogP) is 1.43. The van der Waals surface area contributed by atoms with E-state index in [1.165, 1.54) is 25.9 Å². The fraction of sp³-hybridized carbons (Fsp3) is 0.733. The zero-order chi connectivity index (χ0) is 15.1. The summed E-state index contributed by atoms with van der Waals surface area (Å²) in [4.78, 5) is 7.04. The SMILES string of the molecule is CCNC(=NCc1ccnn1C)NCC1CCN(C)CC1.I. The van der Waals surface area contributed by atoms with Crippen molar-refractivity contribution in [1.82, 2.24) is 25.3 Å². The third-order valence-corrected chi connectivity index (χ3v) is 4.06. The second-order valence-corrected chi connectivity index (χ2v) is 5.77. The smallest absolute Gasteiger partial charge is 0.191 e.